The number of aliphatic hydroxyl groups is 2. The third-order valence-corrected chi connectivity index (χ3v) is 5.40. The van der Waals surface area contributed by atoms with E-state index in [2.05, 4.69) is 6.92 Å². The van der Waals surface area contributed by atoms with E-state index in [0.717, 1.165) is 12.0 Å². The molecule has 18 heavy (non-hydrogen) atoms. The Morgan fingerprint density at radius 3 is 2.56 bits per heavy atom. The van der Waals surface area contributed by atoms with E-state index < -0.39 is 11.5 Å². The Morgan fingerprint density at radius 1 is 1.39 bits per heavy atom. The fraction of sp³-hybridized carbons (Fsp3) is 0.800. The van der Waals surface area contributed by atoms with Gasteiger partial charge in [0, 0.05) is 17.3 Å². The van der Waals surface area contributed by atoms with Gasteiger partial charge in [-0.05, 0) is 31.3 Å². The molecule has 0 saturated heterocycles. The van der Waals surface area contributed by atoms with Crippen LogP contribution in [-0.2, 0) is 4.79 Å². The molecule has 3 nitrogen and oxygen atoms in total. The molecule has 0 aliphatic heterocycles. The zero-order valence-electron chi connectivity index (χ0n) is 11.7. The summed E-state index contributed by atoms with van der Waals surface area (Å²) in [6, 6.07) is 0. The van der Waals surface area contributed by atoms with Crippen LogP contribution >= 0.6 is 0 Å². The molecule has 0 radical (unpaired) electrons. The topological polar surface area (TPSA) is 57.5 Å². The summed E-state index contributed by atoms with van der Waals surface area (Å²) in [4.78, 5) is 12.4. The van der Waals surface area contributed by atoms with Gasteiger partial charge in [-0.15, -0.1) is 0 Å². The molecule has 3 heteroatoms. The summed E-state index contributed by atoms with van der Waals surface area (Å²) in [6.07, 6.45) is 2.74. The van der Waals surface area contributed by atoms with Gasteiger partial charge in [0.25, 0.3) is 0 Å². The minimum Gasteiger partial charge on any atom is -0.396 e. The zero-order chi connectivity index (χ0) is 13.7. The molecule has 2 N–H and O–H groups in total. The Morgan fingerprint density at radius 2 is 2.00 bits per heavy atom. The highest BCUT2D eigenvalue weighted by Gasteiger charge is 2.58. The molecule has 0 unspecified atom stereocenters. The van der Waals surface area contributed by atoms with Gasteiger partial charge in [-0.1, -0.05) is 26.3 Å². The molecule has 0 spiro atoms. The lowest BCUT2D eigenvalue weighted by molar-refractivity contribution is -0.153. The molecule has 0 aromatic heterocycles. The van der Waals surface area contributed by atoms with Gasteiger partial charge < -0.3 is 10.2 Å². The van der Waals surface area contributed by atoms with Gasteiger partial charge in [0.05, 0.1) is 12.7 Å². The van der Waals surface area contributed by atoms with E-state index in [4.69, 9.17) is 0 Å². The Bertz CT molecular complexity index is 397. The van der Waals surface area contributed by atoms with Crippen molar-refractivity contribution < 1.29 is 15.0 Å². The molecule has 4 atom stereocenters. The van der Waals surface area contributed by atoms with Crippen molar-refractivity contribution in [1.82, 2.24) is 0 Å². The van der Waals surface area contributed by atoms with E-state index in [-0.39, 0.29) is 29.6 Å². The molecule has 102 valence electrons. The van der Waals surface area contributed by atoms with Crippen LogP contribution in [-0.4, -0.2) is 28.7 Å². The van der Waals surface area contributed by atoms with Gasteiger partial charge >= 0.3 is 0 Å². The SMILES string of the molecule is CC1=CC(=O)[C@@H]2C(C)(C)[C@@H](O)CC[C@@]2(C)[C@@H]1CO. The molecule has 0 heterocycles. The van der Waals surface area contributed by atoms with Gasteiger partial charge in [-0.2, -0.15) is 0 Å². The summed E-state index contributed by atoms with van der Waals surface area (Å²) in [5.41, 5.74) is 0.329. The van der Waals surface area contributed by atoms with Crippen LogP contribution in [0.1, 0.15) is 40.5 Å². The van der Waals surface area contributed by atoms with Gasteiger partial charge in [0.1, 0.15) is 0 Å². The first-order valence-electron chi connectivity index (χ1n) is 6.76. The van der Waals surface area contributed by atoms with Gasteiger partial charge in [0.15, 0.2) is 5.78 Å². The number of aliphatic hydroxyl groups excluding tert-OH is 2. The average Bonchev–Trinajstić information content (AvgIpc) is 2.23. The maximum atomic E-state index is 12.4. The summed E-state index contributed by atoms with van der Waals surface area (Å²) < 4.78 is 0. The Hall–Kier alpha value is -0.670. The van der Waals surface area contributed by atoms with Crippen molar-refractivity contribution >= 4 is 5.78 Å². The fourth-order valence-corrected chi connectivity index (χ4v) is 4.35. The number of hydrogen-bond acceptors (Lipinski definition) is 3. The third-order valence-electron chi connectivity index (χ3n) is 5.40. The minimum atomic E-state index is -0.439. The van der Waals surface area contributed by atoms with Crippen LogP contribution in [0.2, 0.25) is 0 Å². The van der Waals surface area contributed by atoms with Crippen molar-refractivity contribution in [3.05, 3.63) is 11.6 Å². The van der Waals surface area contributed by atoms with Crippen LogP contribution in [0.15, 0.2) is 11.6 Å². The molecule has 2 aliphatic carbocycles. The second-order valence-corrected chi connectivity index (χ2v) is 6.84. The van der Waals surface area contributed by atoms with Crippen molar-refractivity contribution in [2.24, 2.45) is 22.7 Å². The van der Waals surface area contributed by atoms with E-state index in [1.54, 1.807) is 6.08 Å². The maximum Gasteiger partial charge on any atom is 0.159 e. The monoisotopic (exact) mass is 252 g/mol. The highest BCUT2D eigenvalue weighted by Crippen LogP contribution is 2.58. The number of ketones is 1. The standard InChI is InChI=1S/C15H24O3/c1-9-7-11(17)13-14(2,3)12(18)5-6-15(13,4)10(9)8-16/h7,10,12-13,16,18H,5-6,8H2,1-4H3/t10-,12+,13-,15+/m1/s1. The number of allylic oxidation sites excluding steroid dienone is 1. The maximum absolute atomic E-state index is 12.4. The lowest BCUT2D eigenvalue weighted by atomic mass is 9.47. The smallest absolute Gasteiger partial charge is 0.159 e. The predicted molar refractivity (Wildman–Crippen MR) is 70.0 cm³/mol. The largest absolute Gasteiger partial charge is 0.396 e. The molecule has 1 fully saturated rings. The first-order chi connectivity index (χ1) is 8.25. The number of rotatable bonds is 1. The molecular weight excluding hydrogens is 228 g/mol. The summed E-state index contributed by atoms with van der Waals surface area (Å²) in [5.74, 6) is -0.0509. The summed E-state index contributed by atoms with van der Waals surface area (Å²) in [5, 5.41) is 19.9. The Balaban J connectivity index is 2.53. The van der Waals surface area contributed by atoms with Gasteiger partial charge in [0.2, 0.25) is 0 Å². The van der Waals surface area contributed by atoms with E-state index in [1.807, 2.05) is 20.8 Å². The molecule has 0 aromatic carbocycles. The van der Waals surface area contributed by atoms with Crippen molar-refractivity contribution in [2.45, 2.75) is 46.6 Å². The fourth-order valence-electron chi connectivity index (χ4n) is 4.35. The molecule has 0 bridgehead atoms. The lowest BCUT2D eigenvalue weighted by Crippen LogP contribution is -2.57. The molecule has 0 amide bonds. The summed E-state index contributed by atoms with van der Waals surface area (Å²) in [7, 11) is 0. The summed E-state index contributed by atoms with van der Waals surface area (Å²) in [6.45, 7) is 8.05. The van der Waals surface area contributed by atoms with Crippen LogP contribution in [0, 0.1) is 22.7 Å². The van der Waals surface area contributed by atoms with Crippen LogP contribution in [0.5, 0.6) is 0 Å². The van der Waals surface area contributed by atoms with E-state index in [9.17, 15) is 15.0 Å². The molecule has 2 rings (SSSR count). The van der Waals surface area contributed by atoms with Crippen molar-refractivity contribution in [2.75, 3.05) is 6.61 Å². The van der Waals surface area contributed by atoms with Gasteiger partial charge in [-0.3, -0.25) is 4.79 Å². The highest BCUT2D eigenvalue weighted by atomic mass is 16.3. The number of hydrogen-bond donors (Lipinski definition) is 2. The van der Waals surface area contributed by atoms with E-state index >= 15 is 0 Å². The second-order valence-electron chi connectivity index (χ2n) is 6.84. The highest BCUT2D eigenvalue weighted by molar-refractivity contribution is 5.95. The van der Waals surface area contributed by atoms with E-state index in [1.165, 1.54) is 0 Å². The minimum absolute atomic E-state index is 0.0342. The van der Waals surface area contributed by atoms with Crippen molar-refractivity contribution in [1.29, 1.82) is 0 Å². The number of carbonyl (C=O) groups is 1. The first-order valence-corrected chi connectivity index (χ1v) is 6.76. The second kappa shape index (κ2) is 4.17. The van der Waals surface area contributed by atoms with Crippen LogP contribution < -0.4 is 0 Å². The molecule has 1 saturated carbocycles. The van der Waals surface area contributed by atoms with Crippen LogP contribution in [0.4, 0.5) is 0 Å². The first kappa shape index (κ1) is 13.8. The molecule has 2 aliphatic rings. The number of fused-ring (bicyclic) bond motifs is 1. The number of carbonyl (C=O) groups excluding carboxylic acids is 1. The predicted octanol–water partition coefficient (Wildman–Crippen LogP) is 1.93. The lowest BCUT2D eigenvalue weighted by Gasteiger charge is -2.56. The Kier molecular flexibility index (Phi) is 3.19. The van der Waals surface area contributed by atoms with Crippen LogP contribution in [0.25, 0.3) is 0 Å². The molecule has 0 aromatic rings. The normalized spacial score (nSPS) is 43.3. The third kappa shape index (κ3) is 1.68. The zero-order valence-corrected chi connectivity index (χ0v) is 11.7. The average molecular weight is 252 g/mol. The quantitative estimate of drug-likeness (QED) is 0.749. The van der Waals surface area contributed by atoms with Crippen LogP contribution in [0.3, 0.4) is 0 Å². The van der Waals surface area contributed by atoms with Crippen molar-refractivity contribution in [3.63, 3.8) is 0 Å². The van der Waals surface area contributed by atoms with Gasteiger partial charge in [-0.25, -0.2) is 0 Å². The van der Waals surface area contributed by atoms with E-state index in [0.29, 0.717) is 6.42 Å². The summed E-state index contributed by atoms with van der Waals surface area (Å²) >= 11 is 0. The Labute approximate surface area is 109 Å². The molecular formula is C15H24O3. The van der Waals surface area contributed by atoms with Crippen molar-refractivity contribution in [3.8, 4) is 0 Å².